The highest BCUT2D eigenvalue weighted by molar-refractivity contribution is 5.46. The summed E-state index contributed by atoms with van der Waals surface area (Å²) in [6.07, 6.45) is 1.95. The minimum atomic E-state index is 1.06. The van der Waals surface area contributed by atoms with Crippen molar-refractivity contribution in [3.8, 4) is 0 Å². The third kappa shape index (κ3) is 5.54. The van der Waals surface area contributed by atoms with E-state index in [4.69, 9.17) is 0 Å². The summed E-state index contributed by atoms with van der Waals surface area (Å²) in [5.74, 6) is 0. The third-order valence-electron chi connectivity index (χ3n) is 1.49. The summed E-state index contributed by atoms with van der Waals surface area (Å²) in [5, 5.41) is 4.23. The topological polar surface area (TPSA) is 17.3 Å². The van der Waals surface area contributed by atoms with Gasteiger partial charge in [0.05, 0.1) is 11.2 Å². The van der Waals surface area contributed by atoms with E-state index in [1.165, 1.54) is 0 Å². The van der Waals surface area contributed by atoms with Crippen molar-refractivity contribution in [1.29, 1.82) is 0 Å². The van der Waals surface area contributed by atoms with Crippen LogP contribution >= 0.6 is 0 Å². The van der Waals surface area contributed by atoms with Crippen LogP contribution in [0, 0.1) is 6.92 Å². The molecular formula is C14H26N2. The van der Waals surface area contributed by atoms with E-state index in [1.54, 1.807) is 0 Å². The lowest BCUT2D eigenvalue weighted by molar-refractivity contribution is 0.934. The molecule has 0 amide bonds. The second-order valence-electron chi connectivity index (χ2n) is 2.36. The fourth-order valence-electron chi connectivity index (χ4n) is 1.07. The Kier molecular flexibility index (Phi) is 12.6. The quantitative estimate of drug-likeness (QED) is 0.630. The summed E-state index contributed by atoms with van der Waals surface area (Å²) in [4.78, 5) is 0. The van der Waals surface area contributed by atoms with Crippen molar-refractivity contribution in [2.75, 3.05) is 0 Å². The first-order chi connectivity index (χ1) is 7.86. The normalized spacial score (nSPS) is 7.69. The van der Waals surface area contributed by atoms with Crippen LogP contribution in [0.4, 0.5) is 0 Å². The second-order valence-corrected chi connectivity index (χ2v) is 2.36. The maximum Gasteiger partial charge on any atom is 0.0664 e. The van der Waals surface area contributed by atoms with Gasteiger partial charge in [-0.3, -0.25) is 0 Å². The maximum atomic E-state index is 4.23. The Labute approximate surface area is 100 Å². The summed E-state index contributed by atoms with van der Waals surface area (Å²) < 4.78 is 1.87. The van der Waals surface area contributed by atoms with Gasteiger partial charge in [0.2, 0.25) is 0 Å². The molecule has 0 aliphatic heterocycles. The van der Waals surface area contributed by atoms with Gasteiger partial charge in [0, 0.05) is 6.20 Å². The Balaban J connectivity index is 0. The lowest BCUT2D eigenvalue weighted by Gasteiger charge is -1.86. The molecule has 0 saturated heterocycles. The molecule has 0 spiro atoms. The zero-order valence-corrected chi connectivity index (χ0v) is 11.8. The Bertz CT molecular complexity index is 317. The van der Waals surface area contributed by atoms with Crippen LogP contribution in [0.15, 0.2) is 30.5 Å². The van der Waals surface area contributed by atoms with Gasteiger partial charge in [-0.1, -0.05) is 47.6 Å². The predicted molar refractivity (Wildman–Crippen MR) is 74.0 cm³/mol. The molecule has 0 aromatic carbocycles. The molecule has 2 aromatic rings. The van der Waals surface area contributed by atoms with Gasteiger partial charge >= 0.3 is 0 Å². The van der Waals surface area contributed by atoms with Crippen molar-refractivity contribution in [3.05, 3.63) is 36.2 Å². The van der Waals surface area contributed by atoms with Gasteiger partial charge in [0.25, 0.3) is 0 Å². The zero-order valence-electron chi connectivity index (χ0n) is 11.8. The number of aryl methyl sites for hydroxylation is 1. The van der Waals surface area contributed by atoms with E-state index in [9.17, 15) is 0 Å². The molecule has 0 bridgehead atoms. The Morgan fingerprint density at radius 3 is 2.00 bits per heavy atom. The lowest BCUT2D eigenvalue weighted by Crippen LogP contribution is -1.83. The standard InChI is InChI=1S/C8H8N2.3C2H6/c1-7-6-8-4-2-3-5-10(8)9-7;3*1-2/h2-6H,1H3;3*1-2H3. The Morgan fingerprint density at radius 2 is 1.50 bits per heavy atom. The van der Waals surface area contributed by atoms with Crippen LogP contribution in [0.5, 0.6) is 0 Å². The molecule has 16 heavy (non-hydrogen) atoms. The van der Waals surface area contributed by atoms with E-state index < -0.39 is 0 Å². The van der Waals surface area contributed by atoms with E-state index in [0.717, 1.165) is 11.2 Å². The number of hydrogen-bond acceptors (Lipinski definition) is 1. The highest BCUT2D eigenvalue weighted by atomic mass is 15.2. The van der Waals surface area contributed by atoms with Crippen molar-refractivity contribution in [3.63, 3.8) is 0 Å². The number of fused-ring (bicyclic) bond motifs is 1. The van der Waals surface area contributed by atoms with Gasteiger partial charge in [0.15, 0.2) is 0 Å². The molecule has 0 N–H and O–H groups in total. The van der Waals surface area contributed by atoms with E-state index in [-0.39, 0.29) is 0 Å². The SMILES string of the molecule is CC.CC.CC.Cc1cc2ccccn2n1. The van der Waals surface area contributed by atoms with Crippen LogP contribution < -0.4 is 0 Å². The highest BCUT2D eigenvalue weighted by Gasteiger charge is 1.92. The van der Waals surface area contributed by atoms with Gasteiger partial charge in [-0.05, 0) is 25.1 Å². The van der Waals surface area contributed by atoms with Crippen molar-refractivity contribution in [1.82, 2.24) is 9.61 Å². The first-order valence-electron chi connectivity index (χ1n) is 6.27. The molecule has 0 aliphatic rings. The third-order valence-corrected chi connectivity index (χ3v) is 1.49. The summed E-state index contributed by atoms with van der Waals surface area (Å²) in [6.45, 7) is 14.0. The number of nitrogens with zero attached hydrogens (tertiary/aromatic N) is 2. The van der Waals surface area contributed by atoms with Crippen molar-refractivity contribution < 1.29 is 0 Å². The number of aromatic nitrogens is 2. The van der Waals surface area contributed by atoms with Gasteiger partial charge < -0.3 is 0 Å². The molecule has 2 nitrogen and oxygen atoms in total. The van der Waals surface area contributed by atoms with E-state index in [1.807, 2.05) is 77.4 Å². The zero-order chi connectivity index (χ0) is 13.0. The van der Waals surface area contributed by atoms with Crippen molar-refractivity contribution in [2.24, 2.45) is 0 Å². The summed E-state index contributed by atoms with van der Waals surface area (Å²) >= 11 is 0. The molecule has 2 aromatic heterocycles. The van der Waals surface area contributed by atoms with E-state index in [2.05, 4.69) is 11.2 Å². The number of pyridine rings is 1. The first-order valence-corrected chi connectivity index (χ1v) is 6.27. The van der Waals surface area contributed by atoms with E-state index >= 15 is 0 Å². The average molecular weight is 222 g/mol. The minimum absolute atomic E-state index is 1.06. The summed E-state index contributed by atoms with van der Waals surface area (Å²) in [6, 6.07) is 8.08. The second kappa shape index (κ2) is 11.8. The largest absolute Gasteiger partial charge is 0.241 e. The molecule has 92 valence electrons. The molecule has 0 aliphatic carbocycles. The van der Waals surface area contributed by atoms with Crippen molar-refractivity contribution >= 4 is 5.52 Å². The highest BCUT2D eigenvalue weighted by Crippen LogP contribution is 2.03. The predicted octanol–water partition coefficient (Wildman–Crippen LogP) is 4.72. The van der Waals surface area contributed by atoms with Crippen LogP contribution in [-0.2, 0) is 0 Å². The molecule has 2 rings (SSSR count). The van der Waals surface area contributed by atoms with Gasteiger partial charge in [-0.25, -0.2) is 4.52 Å². The first kappa shape index (κ1) is 17.1. The molecule has 0 radical (unpaired) electrons. The smallest absolute Gasteiger partial charge is 0.0664 e. The fraction of sp³-hybridized carbons (Fsp3) is 0.500. The van der Waals surface area contributed by atoms with Gasteiger partial charge in [-0.15, -0.1) is 0 Å². The van der Waals surface area contributed by atoms with Crippen molar-refractivity contribution in [2.45, 2.75) is 48.5 Å². The molecule has 0 saturated carbocycles. The summed E-state index contributed by atoms with van der Waals surface area (Å²) in [5.41, 5.74) is 2.21. The monoisotopic (exact) mass is 222 g/mol. The van der Waals surface area contributed by atoms with E-state index in [0.29, 0.717) is 0 Å². The van der Waals surface area contributed by atoms with Crippen LogP contribution in [0.3, 0.4) is 0 Å². The molecule has 2 heteroatoms. The molecule has 0 fully saturated rings. The lowest BCUT2D eigenvalue weighted by atomic mass is 10.4. The molecular weight excluding hydrogens is 196 g/mol. The molecule has 0 unspecified atom stereocenters. The van der Waals surface area contributed by atoms with Crippen LogP contribution in [0.2, 0.25) is 0 Å². The van der Waals surface area contributed by atoms with Crippen LogP contribution in [0.25, 0.3) is 5.52 Å². The Hall–Kier alpha value is -1.31. The van der Waals surface area contributed by atoms with Crippen LogP contribution in [-0.4, -0.2) is 9.61 Å². The number of rotatable bonds is 0. The van der Waals surface area contributed by atoms with Gasteiger partial charge in [-0.2, -0.15) is 5.10 Å². The maximum absolute atomic E-state index is 4.23. The average Bonchev–Trinajstić information content (AvgIpc) is 2.76. The molecule has 0 atom stereocenters. The Morgan fingerprint density at radius 1 is 0.938 bits per heavy atom. The van der Waals surface area contributed by atoms with Crippen LogP contribution in [0.1, 0.15) is 47.2 Å². The van der Waals surface area contributed by atoms with Gasteiger partial charge in [0.1, 0.15) is 0 Å². The number of hydrogen-bond donors (Lipinski definition) is 0. The fourth-order valence-corrected chi connectivity index (χ4v) is 1.07. The minimum Gasteiger partial charge on any atom is -0.241 e. The molecule has 2 heterocycles. The summed E-state index contributed by atoms with van der Waals surface area (Å²) in [7, 11) is 0.